The maximum atomic E-state index is 13.9. The van der Waals surface area contributed by atoms with E-state index in [0.717, 1.165) is 18.7 Å². The fourth-order valence-electron chi connectivity index (χ4n) is 5.69. The van der Waals surface area contributed by atoms with Crippen molar-refractivity contribution in [3.8, 4) is 0 Å². The smallest absolute Gasteiger partial charge is 0.409 e. The molecule has 0 aliphatic carbocycles. The fraction of sp³-hybridized carbons (Fsp3) is 0.306. The van der Waals surface area contributed by atoms with Crippen LogP contribution in [0, 0.1) is 6.92 Å². The predicted molar refractivity (Wildman–Crippen MR) is 175 cm³/mol. The van der Waals surface area contributed by atoms with Crippen molar-refractivity contribution in [2.45, 2.75) is 56.8 Å². The van der Waals surface area contributed by atoms with Gasteiger partial charge in [0.05, 0.1) is 10.6 Å². The van der Waals surface area contributed by atoms with E-state index in [1.165, 1.54) is 15.4 Å². The number of hydrogen-bond donors (Lipinski definition) is 0. The first-order valence-electron chi connectivity index (χ1n) is 15.2. The van der Waals surface area contributed by atoms with Crippen LogP contribution in [0.1, 0.15) is 36.5 Å². The monoisotopic (exact) mass is 611 g/mol. The van der Waals surface area contributed by atoms with Crippen LogP contribution in [0.5, 0.6) is 0 Å². The van der Waals surface area contributed by atoms with E-state index in [2.05, 4.69) is 36.1 Å². The minimum absolute atomic E-state index is 0.00931. The van der Waals surface area contributed by atoms with Gasteiger partial charge >= 0.3 is 6.09 Å². The van der Waals surface area contributed by atoms with Gasteiger partial charge in [0.15, 0.2) is 0 Å². The number of aryl methyl sites for hydroxylation is 1. The zero-order chi connectivity index (χ0) is 30.9. The molecular formula is C36H41N3O4S. The molecule has 0 radical (unpaired) electrons. The third-order valence-electron chi connectivity index (χ3n) is 8.14. The van der Waals surface area contributed by atoms with Crippen LogP contribution in [0.15, 0.2) is 120 Å². The summed E-state index contributed by atoms with van der Waals surface area (Å²) in [6.45, 7) is 6.55. The fourth-order valence-corrected chi connectivity index (χ4v) is 7.50. The number of hydrogen-bond acceptors (Lipinski definition) is 5. The van der Waals surface area contributed by atoms with Crippen LogP contribution in [0.3, 0.4) is 0 Å². The molecule has 4 aromatic carbocycles. The quantitative estimate of drug-likeness (QED) is 0.185. The summed E-state index contributed by atoms with van der Waals surface area (Å²) in [5.74, 6) is 0. The number of benzene rings is 4. The molecule has 1 aliphatic rings. The number of ether oxygens (including phenoxy) is 1. The van der Waals surface area contributed by atoms with Gasteiger partial charge in [-0.1, -0.05) is 91.0 Å². The molecule has 1 fully saturated rings. The lowest BCUT2D eigenvalue weighted by Gasteiger charge is -2.38. The van der Waals surface area contributed by atoms with E-state index in [1.807, 2.05) is 79.7 Å². The van der Waals surface area contributed by atoms with E-state index < -0.39 is 10.0 Å². The van der Waals surface area contributed by atoms with Crippen molar-refractivity contribution in [2.75, 3.05) is 24.0 Å². The van der Waals surface area contributed by atoms with E-state index in [-0.39, 0.29) is 29.7 Å². The second-order valence-electron chi connectivity index (χ2n) is 11.5. The van der Waals surface area contributed by atoms with Gasteiger partial charge in [-0.2, -0.15) is 0 Å². The summed E-state index contributed by atoms with van der Waals surface area (Å²) in [6, 6.07) is 36.6. The molecule has 0 saturated carbocycles. The first-order valence-corrected chi connectivity index (χ1v) is 16.6. The number of rotatable bonds is 11. The van der Waals surface area contributed by atoms with Crippen molar-refractivity contribution in [3.05, 3.63) is 132 Å². The lowest BCUT2D eigenvalue weighted by Crippen LogP contribution is -2.49. The molecule has 0 unspecified atom stereocenters. The van der Waals surface area contributed by atoms with Crippen LogP contribution < -0.4 is 4.31 Å². The number of amides is 1. The normalized spacial score (nSPS) is 14.8. The molecule has 0 aromatic heterocycles. The molecule has 0 spiro atoms. The maximum Gasteiger partial charge on any atom is 0.409 e. The van der Waals surface area contributed by atoms with Crippen LogP contribution in [0.25, 0.3) is 0 Å². The van der Waals surface area contributed by atoms with Gasteiger partial charge in [0.1, 0.15) is 6.61 Å². The van der Waals surface area contributed by atoms with Gasteiger partial charge in [-0.15, -0.1) is 0 Å². The Kier molecular flexibility index (Phi) is 10.4. The largest absolute Gasteiger partial charge is 0.448 e. The van der Waals surface area contributed by atoms with Gasteiger partial charge in [0, 0.05) is 38.3 Å². The molecule has 5 rings (SSSR count). The molecule has 44 heavy (non-hydrogen) atoms. The molecule has 1 aliphatic heterocycles. The van der Waals surface area contributed by atoms with Gasteiger partial charge in [0.2, 0.25) is 0 Å². The Bertz CT molecular complexity index is 1550. The number of nitrogens with zero attached hydrogens (tertiary/aromatic N) is 3. The standard InChI is InChI=1S/C36H41N3O4S/c1-29-13-12-20-35(25-29)44(41,42)39(33-18-10-5-11-19-33)34-21-23-37(24-22-34)36(40)43-28-30(2)38(26-31-14-6-3-7-15-31)27-32-16-8-4-9-17-32/h3-20,25,30,34H,21-24,26-28H2,1-2H3/t30-/m0/s1. The molecule has 1 saturated heterocycles. The van der Waals surface area contributed by atoms with Crippen molar-refractivity contribution in [3.63, 3.8) is 0 Å². The molecule has 4 aromatic rings. The zero-order valence-electron chi connectivity index (χ0n) is 25.5. The Morgan fingerprint density at radius 1 is 0.818 bits per heavy atom. The van der Waals surface area contributed by atoms with Gasteiger partial charge in [0.25, 0.3) is 10.0 Å². The Hall–Kier alpha value is -4.14. The number of sulfonamides is 1. The molecule has 7 nitrogen and oxygen atoms in total. The third-order valence-corrected chi connectivity index (χ3v) is 10.0. The molecule has 8 heteroatoms. The highest BCUT2D eigenvalue weighted by Gasteiger charge is 2.35. The molecule has 1 amide bonds. The van der Waals surface area contributed by atoms with E-state index in [0.29, 0.717) is 31.6 Å². The molecule has 1 heterocycles. The molecular weight excluding hydrogens is 570 g/mol. The number of likely N-dealkylation sites (tertiary alicyclic amines) is 1. The van der Waals surface area contributed by atoms with Crippen LogP contribution in [-0.2, 0) is 27.8 Å². The minimum atomic E-state index is -3.80. The summed E-state index contributed by atoms with van der Waals surface area (Å²) in [5.41, 5.74) is 3.91. The second kappa shape index (κ2) is 14.6. The number of anilines is 1. The van der Waals surface area contributed by atoms with Gasteiger partial charge < -0.3 is 9.64 Å². The zero-order valence-corrected chi connectivity index (χ0v) is 26.3. The molecule has 1 atom stereocenters. The first-order chi connectivity index (χ1) is 21.3. The molecule has 0 bridgehead atoms. The average Bonchev–Trinajstić information content (AvgIpc) is 3.05. The van der Waals surface area contributed by atoms with Crippen molar-refractivity contribution in [1.82, 2.24) is 9.80 Å². The molecule has 230 valence electrons. The highest BCUT2D eigenvalue weighted by Crippen LogP contribution is 2.31. The molecule has 0 N–H and O–H groups in total. The van der Waals surface area contributed by atoms with Crippen LogP contribution >= 0.6 is 0 Å². The summed E-state index contributed by atoms with van der Waals surface area (Å²) < 4.78 is 35.2. The summed E-state index contributed by atoms with van der Waals surface area (Å²) in [7, 11) is -3.80. The maximum absolute atomic E-state index is 13.9. The Morgan fingerprint density at radius 3 is 1.91 bits per heavy atom. The van der Waals surface area contributed by atoms with Gasteiger partial charge in [-0.05, 0) is 67.6 Å². The summed E-state index contributed by atoms with van der Waals surface area (Å²) in [5, 5.41) is 0. The van der Waals surface area contributed by atoms with E-state index in [4.69, 9.17) is 4.74 Å². The number of carbonyl (C=O) groups is 1. The van der Waals surface area contributed by atoms with Crippen LogP contribution in [-0.4, -0.2) is 56.1 Å². The summed E-state index contributed by atoms with van der Waals surface area (Å²) in [4.78, 5) is 17.5. The SMILES string of the molecule is Cc1cccc(S(=O)(=O)N(c2ccccc2)C2CCN(C(=O)OC[C@H](C)N(Cc3ccccc3)Cc3ccccc3)CC2)c1. The predicted octanol–water partition coefficient (Wildman–Crippen LogP) is 6.88. The van der Waals surface area contributed by atoms with Crippen LogP contribution in [0.4, 0.5) is 10.5 Å². The van der Waals surface area contributed by atoms with Crippen molar-refractivity contribution in [2.24, 2.45) is 0 Å². The summed E-state index contributed by atoms with van der Waals surface area (Å²) in [6.07, 6.45) is 0.666. The Labute approximate surface area is 261 Å². The number of para-hydroxylation sites is 1. The van der Waals surface area contributed by atoms with Crippen molar-refractivity contribution in [1.29, 1.82) is 0 Å². The van der Waals surface area contributed by atoms with E-state index in [9.17, 15) is 13.2 Å². The third kappa shape index (κ3) is 7.87. The Morgan fingerprint density at radius 2 is 1.36 bits per heavy atom. The van der Waals surface area contributed by atoms with Crippen LogP contribution in [0.2, 0.25) is 0 Å². The number of carbonyl (C=O) groups excluding carboxylic acids is 1. The van der Waals surface area contributed by atoms with E-state index in [1.54, 1.807) is 23.1 Å². The van der Waals surface area contributed by atoms with Crippen molar-refractivity contribution >= 4 is 21.8 Å². The van der Waals surface area contributed by atoms with Gasteiger partial charge in [-0.3, -0.25) is 9.21 Å². The highest BCUT2D eigenvalue weighted by molar-refractivity contribution is 7.92. The highest BCUT2D eigenvalue weighted by atomic mass is 32.2. The number of piperidine rings is 1. The van der Waals surface area contributed by atoms with E-state index >= 15 is 0 Å². The lowest BCUT2D eigenvalue weighted by molar-refractivity contribution is 0.0592. The van der Waals surface area contributed by atoms with Crippen molar-refractivity contribution < 1.29 is 17.9 Å². The minimum Gasteiger partial charge on any atom is -0.448 e. The topological polar surface area (TPSA) is 70.2 Å². The first kappa shape index (κ1) is 31.3. The second-order valence-corrected chi connectivity index (χ2v) is 13.3. The Balaban J connectivity index is 1.22. The lowest BCUT2D eigenvalue weighted by atomic mass is 10.0. The summed E-state index contributed by atoms with van der Waals surface area (Å²) >= 11 is 0. The average molecular weight is 612 g/mol. The van der Waals surface area contributed by atoms with Gasteiger partial charge in [-0.25, -0.2) is 13.2 Å².